The van der Waals surface area contributed by atoms with E-state index in [0.717, 1.165) is 22.4 Å². The van der Waals surface area contributed by atoms with Crippen LogP contribution in [0.5, 0.6) is 0 Å². The molecule has 0 aliphatic carbocycles. The minimum Gasteiger partial charge on any atom is -0.342 e. The van der Waals surface area contributed by atoms with Crippen molar-refractivity contribution in [2.75, 3.05) is 4.72 Å². The molecular weight excluding hydrogens is 436 g/mol. The Morgan fingerprint density at radius 3 is 2.48 bits per heavy atom. The highest BCUT2D eigenvalue weighted by Gasteiger charge is 2.20. The SMILES string of the molecule is CCn1c(C(C)NC(=O)c2cccc(S(=O)(=O)Nc3ccc(C)cc3)c2)nc2ccccc21. The van der Waals surface area contributed by atoms with Crippen molar-refractivity contribution in [3.05, 3.63) is 89.7 Å². The molecule has 0 saturated heterocycles. The highest BCUT2D eigenvalue weighted by molar-refractivity contribution is 7.92. The summed E-state index contributed by atoms with van der Waals surface area (Å²) in [6.07, 6.45) is 0. The lowest BCUT2D eigenvalue weighted by atomic mass is 10.2. The van der Waals surface area contributed by atoms with Crippen LogP contribution in [0.2, 0.25) is 0 Å². The first-order chi connectivity index (χ1) is 15.8. The summed E-state index contributed by atoms with van der Waals surface area (Å²) in [6.45, 7) is 6.54. The minimum atomic E-state index is -3.84. The number of fused-ring (bicyclic) bond motifs is 1. The first-order valence-corrected chi connectivity index (χ1v) is 12.2. The van der Waals surface area contributed by atoms with E-state index in [0.29, 0.717) is 12.2 Å². The fraction of sp³-hybridized carbons (Fsp3) is 0.200. The van der Waals surface area contributed by atoms with E-state index < -0.39 is 10.0 Å². The topological polar surface area (TPSA) is 93.1 Å². The van der Waals surface area contributed by atoms with Gasteiger partial charge in [0.15, 0.2) is 0 Å². The lowest BCUT2D eigenvalue weighted by molar-refractivity contribution is 0.0937. The highest BCUT2D eigenvalue weighted by Crippen LogP contribution is 2.22. The molecule has 8 heteroatoms. The third-order valence-electron chi connectivity index (χ3n) is 5.45. The molecule has 1 heterocycles. The molecule has 0 spiro atoms. The molecular formula is C25H26N4O3S. The van der Waals surface area contributed by atoms with Crippen LogP contribution in [-0.4, -0.2) is 23.9 Å². The Bertz CT molecular complexity index is 1410. The second-order valence-corrected chi connectivity index (χ2v) is 9.58. The molecule has 0 aliphatic rings. The number of benzene rings is 3. The zero-order chi connectivity index (χ0) is 23.6. The van der Waals surface area contributed by atoms with Crippen LogP contribution < -0.4 is 10.0 Å². The maximum absolute atomic E-state index is 13.0. The molecule has 4 rings (SSSR count). The average Bonchev–Trinajstić information content (AvgIpc) is 3.19. The van der Waals surface area contributed by atoms with Gasteiger partial charge < -0.3 is 9.88 Å². The molecule has 1 atom stereocenters. The number of anilines is 1. The second-order valence-electron chi connectivity index (χ2n) is 7.90. The molecule has 7 nitrogen and oxygen atoms in total. The van der Waals surface area contributed by atoms with Crippen molar-refractivity contribution in [1.82, 2.24) is 14.9 Å². The van der Waals surface area contributed by atoms with E-state index >= 15 is 0 Å². The number of imidazole rings is 1. The van der Waals surface area contributed by atoms with Crippen LogP contribution in [0.3, 0.4) is 0 Å². The van der Waals surface area contributed by atoms with Crippen molar-refractivity contribution in [3.8, 4) is 0 Å². The molecule has 4 aromatic rings. The summed E-state index contributed by atoms with van der Waals surface area (Å²) in [4.78, 5) is 17.7. The van der Waals surface area contributed by atoms with Gasteiger partial charge >= 0.3 is 0 Å². The Kier molecular flexibility index (Phi) is 6.20. The number of sulfonamides is 1. The van der Waals surface area contributed by atoms with E-state index in [4.69, 9.17) is 0 Å². The second kappa shape index (κ2) is 9.07. The standard InChI is InChI=1S/C25H26N4O3S/c1-4-29-23-11-6-5-10-22(23)27-24(29)18(3)26-25(30)19-8-7-9-21(16-19)33(31,32)28-20-14-12-17(2)13-15-20/h5-16,18,28H,4H2,1-3H3,(H,26,30). The molecule has 3 aromatic carbocycles. The predicted molar refractivity (Wildman–Crippen MR) is 130 cm³/mol. The Labute approximate surface area is 193 Å². The van der Waals surface area contributed by atoms with Gasteiger partial charge in [-0.05, 0) is 63.2 Å². The van der Waals surface area contributed by atoms with E-state index in [9.17, 15) is 13.2 Å². The van der Waals surface area contributed by atoms with Gasteiger partial charge in [-0.25, -0.2) is 13.4 Å². The number of aryl methyl sites for hydroxylation is 2. The van der Waals surface area contributed by atoms with Crippen LogP contribution in [0.1, 0.15) is 41.6 Å². The molecule has 170 valence electrons. The zero-order valence-corrected chi connectivity index (χ0v) is 19.6. The Morgan fingerprint density at radius 1 is 1.03 bits per heavy atom. The maximum Gasteiger partial charge on any atom is 0.261 e. The van der Waals surface area contributed by atoms with Crippen LogP contribution >= 0.6 is 0 Å². The van der Waals surface area contributed by atoms with E-state index in [1.54, 1.807) is 24.3 Å². The van der Waals surface area contributed by atoms with E-state index in [2.05, 4.69) is 19.6 Å². The smallest absolute Gasteiger partial charge is 0.261 e. The fourth-order valence-corrected chi connectivity index (χ4v) is 4.85. The van der Waals surface area contributed by atoms with E-state index in [-0.39, 0.29) is 22.4 Å². The van der Waals surface area contributed by atoms with Crippen molar-refractivity contribution in [1.29, 1.82) is 0 Å². The highest BCUT2D eigenvalue weighted by atomic mass is 32.2. The van der Waals surface area contributed by atoms with Crippen molar-refractivity contribution in [2.45, 2.75) is 38.3 Å². The number of amides is 1. The Morgan fingerprint density at radius 2 is 1.76 bits per heavy atom. The largest absolute Gasteiger partial charge is 0.342 e. The molecule has 0 radical (unpaired) electrons. The van der Waals surface area contributed by atoms with Crippen LogP contribution in [0.25, 0.3) is 11.0 Å². The number of nitrogens with one attached hydrogen (secondary N) is 2. The summed E-state index contributed by atoms with van der Waals surface area (Å²) in [6, 6.07) is 20.5. The first kappa shape index (κ1) is 22.5. The van der Waals surface area contributed by atoms with Gasteiger partial charge in [0.05, 0.1) is 22.0 Å². The molecule has 0 fully saturated rings. The summed E-state index contributed by atoms with van der Waals surface area (Å²) in [5.41, 5.74) is 3.62. The number of rotatable bonds is 7. The van der Waals surface area contributed by atoms with Crippen molar-refractivity contribution >= 4 is 32.7 Å². The van der Waals surface area contributed by atoms with Gasteiger partial charge in [-0.15, -0.1) is 0 Å². The molecule has 1 aromatic heterocycles. The predicted octanol–water partition coefficient (Wildman–Crippen LogP) is 4.66. The minimum absolute atomic E-state index is 0.0178. The summed E-state index contributed by atoms with van der Waals surface area (Å²) < 4.78 is 30.3. The number of hydrogen-bond donors (Lipinski definition) is 2. The van der Waals surface area contributed by atoms with Crippen LogP contribution in [0.4, 0.5) is 5.69 Å². The monoisotopic (exact) mass is 462 g/mol. The number of aromatic nitrogens is 2. The van der Waals surface area contributed by atoms with Crippen molar-refractivity contribution in [2.24, 2.45) is 0 Å². The van der Waals surface area contributed by atoms with Gasteiger partial charge in [0.2, 0.25) is 0 Å². The number of carbonyl (C=O) groups is 1. The molecule has 0 saturated carbocycles. The van der Waals surface area contributed by atoms with Gasteiger partial charge in [0, 0.05) is 17.8 Å². The molecule has 1 amide bonds. The zero-order valence-electron chi connectivity index (χ0n) is 18.7. The first-order valence-electron chi connectivity index (χ1n) is 10.7. The number of para-hydroxylation sites is 2. The lowest BCUT2D eigenvalue weighted by Crippen LogP contribution is -2.29. The number of carbonyl (C=O) groups excluding carboxylic acids is 1. The number of hydrogen-bond acceptors (Lipinski definition) is 4. The van der Waals surface area contributed by atoms with E-state index in [1.807, 2.05) is 57.2 Å². The summed E-state index contributed by atoms with van der Waals surface area (Å²) in [5.74, 6) is 0.376. The summed E-state index contributed by atoms with van der Waals surface area (Å²) in [5, 5.41) is 2.95. The van der Waals surface area contributed by atoms with Crippen molar-refractivity contribution < 1.29 is 13.2 Å². The van der Waals surface area contributed by atoms with Gasteiger partial charge in [0.25, 0.3) is 15.9 Å². The van der Waals surface area contributed by atoms with Gasteiger partial charge in [0.1, 0.15) is 5.82 Å². The quantitative estimate of drug-likeness (QED) is 0.418. The Balaban J connectivity index is 1.55. The molecule has 0 aliphatic heterocycles. The van der Waals surface area contributed by atoms with Crippen molar-refractivity contribution in [3.63, 3.8) is 0 Å². The molecule has 0 bridgehead atoms. The van der Waals surface area contributed by atoms with Gasteiger partial charge in [-0.3, -0.25) is 9.52 Å². The molecule has 33 heavy (non-hydrogen) atoms. The fourth-order valence-electron chi connectivity index (χ4n) is 3.74. The molecule has 2 N–H and O–H groups in total. The maximum atomic E-state index is 13.0. The van der Waals surface area contributed by atoms with Crippen LogP contribution in [0, 0.1) is 6.92 Å². The number of nitrogens with zero attached hydrogens (tertiary/aromatic N) is 2. The summed E-state index contributed by atoms with van der Waals surface area (Å²) >= 11 is 0. The van der Waals surface area contributed by atoms with Gasteiger partial charge in [-0.1, -0.05) is 35.9 Å². The third kappa shape index (κ3) is 4.75. The van der Waals surface area contributed by atoms with Gasteiger partial charge in [-0.2, -0.15) is 0 Å². The normalized spacial score (nSPS) is 12.5. The molecule has 1 unspecified atom stereocenters. The van der Waals surface area contributed by atoms with Crippen LogP contribution in [-0.2, 0) is 16.6 Å². The van der Waals surface area contributed by atoms with Crippen LogP contribution in [0.15, 0.2) is 77.7 Å². The Hall–Kier alpha value is -3.65. The lowest BCUT2D eigenvalue weighted by Gasteiger charge is -2.16. The van der Waals surface area contributed by atoms with E-state index in [1.165, 1.54) is 12.1 Å². The third-order valence-corrected chi connectivity index (χ3v) is 6.82. The summed E-state index contributed by atoms with van der Waals surface area (Å²) in [7, 11) is -3.84. The average molecular weight is 463 g/mol.